The van der Waals surface area contributed by atoms with Crippen molar-refractivity contribution in [1.82, 2.24) is 4.90 Å². The fourth-order valence-electron chi connectivity index (χ4n) is 5.35. The standard InChI is InChI=1S/C21H21ClN2O3/c1-10-2-3-11(8-16(10)22)23-17(25)6-7-24-20(26)18-12-4-5-13(15-9-14(12)15)19(18)21(24)27/h2-5,8,12-15,18-19H,6-7,9H2,1H3,(H,23,25)/t12-,13-,14-,15+,18-,19+/m0/s1. The van der Waals surface area contributed by atoms with Crippen LogP contribution in [0.3, 0.4) is 0 Å². The van der Waals surface area contributed by atoms with Crippen LogP contribution in [0.1, 0.15) is 18.4 Å². The third-order valence-corrected chi connectivity index (χ3v) is 7.18. The molecule has 4 aliphatic carbocycles. The summed E-state index contributed by atoms with van der Waals surface area (Å²) in [6.45, 7) is 2.04. The van der Waals surface area contributed by atoms with E-state index in [1.165, 1.54) is 4.90 Å². The molecule has 1 N–H and O–H groups in total. The van der Waals surface area contributed by atoms with Gasteiger partial charge in [0.25, 0.3) is 0 Å². The molecule has 2 bridgehead atoms. The van der Waals surface area contributed by atoms with Gasteiger partial charge in [-0.3, -0.25) is 19.3 Å². The molecule has 6 rings (SSSR count). The van der Waals surface area contributed by atoms with E-state index in [0.29, 0.717) is 22.5 Å². The van der Waals surface area contributed by atoms with Crippen LogP contribution in [0.25, 0.3) is 0 Å². The number of nitrogens with one attached hydrogen (secondary N) is 1. The average Bonchev–Trinajstić information content (AvgIpc) is 3.42. The molecule has 140 valence electrons. The predicted molar refractivity (Wildman–Crippen MR) is 101 cm³/mol. The second kappa shape index (κ2) is 5.93. The molecule has 0 spiro atoms. The van der Waals surface area contributed by atoms with E-state index in [1.807, 2.05) is 13.0 Å². The zero-order valence-electron chi connectivity index (χ0n) is 15.0. The minimum Gasteiger partial charge on any atom is -0.326 e. The number of amides is 3. The topological polar surface area (TPSA) is 66.5 Å². The molecule has 1 saturated heterocycles. The number of nitrogens with zero attached hydrogens (tertiary/aromatic N) is 1. The molecule has 5 nitrogen and oxygen atoms in total. The lowest BCUT2D eigenvalue weighted by atomic mass is 9.63. The Balaban J connectivity index is 1.24. The number of carbonyl (C=O) groups is 3. The van der Waals surface area contributed by atoms with Crippen molar-refractivity contribution >= 4 is 35.0 Å². The van der Waals surface area contributed by atoms with E-state index in [-0.39, 0.29) is 54.4 Å². The molecule has 0 unspecified atom stereocenters. The van der Waals surface area contributed by atoms with Gasteiger partial charge in [0.1, 0.15) is 0 Å². The molecule has 5 aliphatic rings. The minimum absolute atomic E-state index is 0.0825. The Morgan fingerprint density at radius 2 is 1.78 bits per heavy atom. The monoisotopic (exact) mass is 384 g/mol. The van der Waals surface area contributed by atoms with Crippen LogP contribution in [0.4, 0.5) is 5.69 Å². The molecule has 1 aliphatic heterocycles. The Morgan fingerprint density at radius 1 is 1.15 bits per heavy atom. The molecule has 1 heterocycles. The lowest BCUT2D eigenvalue weighted by molar-refractivity contribution is -0.140. The van der Waals surface area contributed by atoms with E-state index in [2.05, 4.69) is 17.5 Å². The van der Waals surface area contributed by atoms with Crippen LogP contribution >= 0.6 is 11.6 Å². The van der Waals surface area contributed by atoms with Gasteiger partial charge in [0.05, 0.1) is 11.8 Å². The lowest BCUT2D eigenvalue weighted by Crippen LogP contribution is -2.40. The summed E-state index contributed by atoms with van der Waals surface area (Å²) in [5.41, 5.74) is 1.55. The maximum atomic E-state index is 12.9. The van der Waals surface area contributed by atoms with E-state index >= 15 is 0 Å². The van der Waals surface area contributed by atoms with Gasteiger partial charge in [-0.2, -0.15) is 0 Å². The second-order valence-electron chi connectivity index (χ2n) is 8.24. The van der Waals surface area contributed by atoms with Crippen LogP contribution < -0.4 is 5.32 Å². The number of imide groups is 1. The Labute approximate surface area is 162 Å². The molecule has 1 aromatic carbocycles. The first kappa shape index (κ1) is 17.0. The summed E-state index contributed by atoms with van der Waals surface area (Å²) in [5.74, 6) is 0.826. The number of hydrogen-bond acceptors (Lipinski definition) is 3. The van der Waals surface area contributed by atoms with Crippen LogP contribution in [-0.4, -0.2) is 29.2 Å². The van der Waals surface area contributed by atoms with Crippen molar-refractivity contribution < 1.29 is 14.4 Å². The summed E-state index contributed by atoms with van der Waals surface area (Å²) in [6, 6.07) is 5.32. The molecule has 6 atom stereocenters. The van der Waals surface area contributed by atoms with Crippen molar-refractivity contribution in [1.29, 1.82) is 0 Å². The van der Waals surface area contributed by atoms with Crippen molar-refractivity contribution in [3.63, 3.8) is 0 Å². The Kier molecular flexibility index (Phi) is 3.73. The summed E-state index contributed by atoms with van der Waals surface area (Å²) in [7, 11) is 0. The number of rotatable bonds is 4. The predicted octanol–water partition coefficient (Wildman–Crippen LogP) is 3.03. The summed E-state index contributed by atoms with van der Waals surface area (Å²) in [4.78, 5) is 39.4. The number of allylic oxidation sites excluding steroid dienone is 2. The van der Waals surface area contributed by atoms with Gasteiger partial charge in [-0.15, -0.1) is 0 Å². The summed E-state index contributed by atoms with van der Waals surface area (Å²) in [6.07, 6.45) is 5.56. The van der Waals surface area contributed by atoms with Crippen LogP contribution in [-0.2, 0) is 14.4 Å². The molecule has 3 amide bonds. The maximum Gasteiger partial charge on any atom is 0.233 e. The van der Waals surface area contributed by atoms with E-state index in [1.54, 1.807) is 12.1 Å². The molecule has 6 heteroatoms. The minimum atomic E-state index is -0.227. The van der Waals surface area contributed by atoms with Crippen molar-refractivity contribution in [2.24, 2.45) is 35.5 Å². The van der Waals surface area contributed by atoms with Crippen LogP contribution in [0.15, 0.2) is 30.4 Å². The Morgan fingerprint density at radius 3 is 2.37 bits per heavy atom. The summed E-state index contributed by atoms with van der Waals surface area (Å²) >= 11 is 6.08. The van der Waals surface area contributed by atoms with Gasteiger partial charge in [0.2, 0.25) is 17.7 Å². The van der Waals surface area contributed by atoms with Crippen molar-refractivity contribution in [3.8, 4) is 0 Å². The molecule has 1 aromatic rings. The highest BCUT2D eigenvalue weighted by atomic mass is 35.5. The largest absolute Gasteiger partial charge is 0.326 e. The first-order valence-electron chi connectivity index (χ1n) is 9.55. The van der Waals surface area contributed by atoms with Gasteiger partial charge in [0.15, 0.2) is 0 Å². The van der Waals surface area contributed by atoms with Crippen LogP contribution in [0, 0.1) is 42.4 Å². The molecule has 0 radical (unpaired) electrons. The lowest BCUT2D eigenvalue weighted by Gasteiger charge is -2.37. The number of benzene rings is 1. The molecule has 2 saturated carbocycles. The first-order chi connectivity index (χ1) is 13.0. The number of aryl methyl sites for hydroxylation is 1. The molecule has 27 heavy (non-hydrogen) atoms. The Hall–Kier alpha value is -2.14. The van der Waals surface area contributed by atoms with E-state index in [0.717, 1.165) is 12.0 Å². The molecular formula is C21H21ClN2O3. The van der Waals surface area contributed by atoms with Gasteiger partial charge in [0, 0.05) is 23.7 Å². The quantitative estimate of drug-likeness (QED) is 0.641. The molecular weight excluding hydrogens is 364 g/mol. The normalized spacial score (nSPS) is 35.3. The van der Waals surface area contributed by atoms with E-state index < -0.39 is 0 Å². The fraction of sp³-hybridized carbons (Fsp3) is 0.476. The van der Waals surface area contributed by atoms with Gasteiger partial charge < -0.3 is 5.32 Å². The van der Waals surface area contributed by atoms with E-state index in [9.17, 15) is 14.4 Å². The van der Waals surface area contributed by atoms with E-state index in [4.69, 9.17) is 11.6 Å². The number of carbonyl (C=O) groups excluding carboxylic acids is 3. The number of hydrogen-bond donors (Lipinski definition) is 1. The third-order valence-electron chi connectivity index (χ3n) is 6.77. The van der Waals surface area contributed by atoms with Crippen molar-refractivity contribution in [3.05, 3.63) is 40.9 Å². The van der Waals surface area contributed by atoms with Gasteiger partial charge in [-0.05, 0) is 54.7 Å². The molecule has 3 fully saturated rings. The zero-order valence-corrected chi connectivity index (χ0v) is 15.8. The smallest absolute Gasteiger partial charge is 0.233 e. The highest BCUT2D eigenvalue weighted by Crippen LogP contribution is 2.65. The van der Waals surface area contributed by atoms with Gasteiger partial charge in [-0.1, -0.05) is 29.8 Å². The number of halogens is 1. The Bertz CT molecular complexity index is 859. The molecule has 0 aromatic heterocycles. The van der Waals surface area contributed by atoms with Crippen molar-refractivity contribution in [2.75, 3.05) is 11.9 Å². The van der Waals surface area contributed by atoms with Crippen LogP contribution in [0.5, 0.6) is 0 Å². The maximum absolute atomic E-state index is 12.9. The van der Waals surface area contributed by atoms with Crippen LogP contribution in [0.2, 0.25) is 5.02 Å². The highest BCUT2D eigenvalue weighted by Gasteiger charge is 2.66. The first-order valence-corrected chi connectivity index (χ1v) is 9.93. The fourth-order valence-corrected chi connectivity index (χ4v) is 5.53. The highest BCUT2D eigenvalue weighted by molar-refractivity contribution is 6.31. The second-order valence-corrected chi connectivity index (χ2v) is 8.65. The number of anilines is 1. The van der Waals surface area contributed by atoms with Gasteiger partial charge in [-0.25, -0.2) is 0 Å². The third kappa shape index (κ3) is 2.55. The SMILES string of the molecule is Cc1ccc(NC(=O)CCN2C(=O)[C@@H]3[C@H]4C=C[C@@H]([C@@H]5C[C@H]45)[C@@H]3C2=O)cc1Cl. The average molecular weight is 385 g/mol. The number of likely N-dealkylation sites (tertiary alicyclic amines) is 1. The van der Waals surface area contributed by atoms with Crippen molar-refractivity contribution in [2.45, 2.75) is 19.8 Å². The summed E-state index contributed by atoms with van der Waals surface area (Å²) in [5, 5.41) is 3.37. The van der Waals surface area contributed by atoms with Gasteiger partial charge >= 0.3 is 0 Å². The zero-order chi connectivity index (χ0) is 18.9. The summed E-state index contributed by atoms with van der Waals surface area (Å²) < 4.78 is 0.